The molecule has 8 heteroatoms. The molecule has 0 aromatic heterocycles. The number of halogens is 2. The first kappa shape index (κ1) is 17.9. The molecule has 4 rings (SSSR count). The highest BCUT2D eigenvalue weighted by Crippen LogP contribution is 2.44. The van der Waals surface area contributed by atoms with E-state index in [0.717, 1.165) is 33.0 Å². The Morgan fingerprint density at radius 3 is 2.59 bits per heavy atom. The van der Waals surface area contributed by atoms with Crippen molar-refractivity contribution in [3.05, 3.63) is 62.7 Å². The van der Waals surface area contributed by atoms with Crippen molar-refractivity contribution in [2.45, 2.75) is 6.92 Å². The lowest BCUT2D eigenvalue weighted by molar-refractivity contribution is -0.116. The Bertz CT molecular complexity index is 1060. The molecule has 0 atom stereocenters. The van der Waals surface area contributed by atoms with Gasteiger partial charge in [-0.05, 0) is 60.6 Å². The molecule has 1 saturated heterocycles. The number of nitrogens with zero attached hydrogens (tertiary/aromatic N) is 2. The lowest BCUT2D eigenvalue weighted by atomic mass is 10.0. The summed E-state index contributed by atoms with van der Waals surface area (Å²) in [6, 6.07) is 9.40. The highest BCUT2D eigenvalue weighted by atomic mass is 79.9. The summed E-state index contributed by atoms with van der Waals surface area (Å²) in [6.07, 6.45) is 0. The molecule has 0 unspecified atom stereocenters. The van der Waals surface area contributed by atoms with Gasteiger partial charge in [0.2, 0.25) is 0 Å². The average molecular weight is 446 g/mol. The first-order valence-corrected chi connectivity index (χ1v) is 9.62. The van der Waals surface area contributed by atoms with Gasteiger partial charge in [0.05, 0.1) is 21.9 Å². The molecular weight excluding hydrogens is 433 g/mol. The fourth-order valence-corrected chi connectivity index (χ4v) is 4.65. The normalized spacial score (nSPS) is 20.4. The van der Waals surface area contributed by atoms with E-state index in [1.807, 2.05) is 19.1 Å². The van der Waals surface area contributed by atoms with Crippen LogP contribution < -0.4 is 10.2 Å². The van der Waals surface area contributed by atoms with Gasteiger partial charge in [-0.3, -0.25) is 9.59 Å². The third kappa shape index (κ3) is 3.08. The first-order chi connectivity index (χ1) is 12.8. The van der Waals surface area contributed by atoms with Gasteiger partial charge in [-0.25, -0.2) is 9.38 Å². The molecule has 27 heavy (non-hydrogen) atoms. The number of carbonyl (C=O) groups excluding carboxylic acids is 2. The van der Waals surface area contributed by atoms with Crippen LogP contribution in [-0.4, -0.2) is 24.0 Å². The van der Waals surface area contributed by atoms with Gasteiger partial charge in [0.1, 0.15) is 5.82 Å². The zero-order valence-corrected chi connectivity index (χ0v) is 16.7. The number of nitrogens with one attached hydrogen (secondary N) is 1. The summed E-state index contributed by atoms with van der Waals surface area (Å²) in [7, 11) is 1.70. The van der Waals surface area contributed by atoms with Crippen LogP contribution in [0.25, 0.3) is 5.57 Å². The van der Waals surface area contributed by atoms with Crippen molar-refractivity contribution in [3.8, 4) is 0 Å². The molecule has 2 aliphatic heterocycles. The molecule has 2 aromatic rings. The Balaban J connectivity index is 1.79. The van der Waals surface area contributed by atoms with E-state index in [1.54, 1.807) is 11.9 Å². The number of likely N-dealkylation sites (N-methyl/N-ethyl adjacent to an activating group) is 1. The minimum absolute atomic E-state index is 0.230. The Morgan fingerprint density at radius 2 is 1.89 bits per heavy atom. The maximum atomic E-state index is 13.0. The third-order valence-corrected chi connectivity index (χ3v) is 5.74. The number of benzene rings is 2. The van der Waals surface area contributed by atoms with Crippen molar-refractivity contribution in [2.75, 3.05) is 11.9 Å². The number of rotatable bonds is 1. The summed E-state index contributed by atoms with van der Waals surface area (Å²) in [5.74, 6) is -0.961. The van der Waals surface area contributed by atoms with E-state index in [9.17, 15) is 14.0 Å². The molecular formula is C19H13BrFN3O2S. The number of hydrogen-bond donors (Lipinski definition) is 1. The van der Waals surface area contributed by atoms with E-state index >= 15 is 0 Å². The van der Waals surface area contributed by atoms with Crippen LogP contribution in [-0.2, 0) is 9.59 Å². The topological polar surface area (TPSA) is 61.8 Å². The van der Waals surface area contributed by atoms with E-state index in [2.05, 4.69) is 26.2 Å². The molecule has 0 radical (unpaired) electrons. The Morgan fingerprint density at radius 1 is 1.19 bits per heavy atom. The van der Waals surface area contributed by atoms with Crippen molar-refractivity contribution in [3.63, 3.8) is 0 Å². The molecule has 0 saturated carbocycles. The van der Waals surface area contributed by atoms with E-state index in [1.165, 1.54) is 24.3 Å². The smallest absolute Gasteiger partial charge is 0.264 e. The summed E-state index contributed by atoms with van der Waals surface area (Å²) in [6.45, 7) is 1.92. The van der Waals surface area contributed by atoms with E-state index in [0.29, 0.717) is 21.3 Å². The van der Waals surface area contributed by atoms with Crippen LogP contribution in [0.1, 0.15) is 11.1 Å². The van der Waals surface area contributed by atoms with Gasteiger partial charge >= 0.3 is 0 Å². The molecule has 0 bridgehead atoms. The monoisotopic (exact) mass is 445 g/mol. The molecule has 2 amide bonds. The number of fused-ring (bicyclic) bond motifs is 1. The van der Waals surface area contributed by atoms with Crippen LogP contribution in [0.5, 0.6) is 0 Å². The zero-order chi connectivity index (χ0) is 19.3. The Labute approximate surface area is 167 Å². The van der Waals surface area contributed by atoms with Gasteiger partial charge in [0.15, 0.2) is 5.17 Å². The summed E-state index contributed by atoms with van der Waals surface area (Å²) in [5, 5.41) is 3.03. The number of thioether (sulfide) groups is 1. The number of anilines is 1. The van der Waals surface area contributed by atoms with Crippen molar-refractivity contribution in [1.82, 2.24) is 5.32 Å². The molecule has 2 aliphatic rings. The highest BCUT2D eigenvalue weighted by Gasteiger charge is 2.38. The number of aryl methyl sites for hydroxylation is 1. The number of hydrogen-bond acceptors (Lipinski definition) is 4. The lowest BCUT2D eigenvalue weighted by Crippen LogP contribution is -2.23. The summed E-state index contributed by atoms with van der Waals surface area (Å²) >= 11 is 4.56. The second-order valence-electron chi connectivity index (χ2n) is 6.14. The van der Waals surface area contributed by atoms with Gasteiger partial charge < -0.3 is 10.2 Å². The van der Waals surface area contributed by atoms with Crippen molar-refractivity contribution in [1.29, 1.82) is 0 Å². The van der Waals surface area contributed by atoms with Gasteiger partial charge in [-0.2, -0.15) is 0 Å². The molecule has 136 valence electrons. The minimum atomic E-state index is -0.372. The Kier molecular flexibility index (Phi) is 4.39. The molecule has 2 heterocycles. The lowest BCUT2D eigenvalue weighted by Gasteiger charge is -2.12. The highest BCUT2D eigenvalue weighted by molar-refractivity contribution is 9.10. The average Bonchev–Trinajstić information content (AvgIpc) is 3.07. The van der Waals surface area contributed by atoms with Crippen LogP contribution in [0.15, 0.2) is 50.8 Å². The van der Waals surface area contributed by atoms with Crippen LogP contribution in [0.4, 0.5) is 15.8 Å². The Hall–Kier alpha value is -2.45. The zero-order valence-electron chi connectivity index (χ0n) is 14.3. The molecule has 0 spiro atoms. The standard InChI is InChI=1S/C19H13BrFN3O2S/c1-9-7-10(20)8-13-14(18(26)24(2)15(9)13)16-17(25)23-19(27-16)22-12-5-3-11(21)4-6-12/h3-8H,1-2H3,(H,22,23,25). The maximum absolute atomic E-state index is 13.0. The van der Waals surface area contributed by atoms with Crippen LogP contribution in [0, 0.1) is 12.7 Å². The number of amides is 2. The number of amidine groups is 1. The SMILES string of the molecule is Cc1cc(Br)cc2c1N(C)C(=O)C2=C1SC(=Nc2ccc(F)cc2)NC1=O. The molecule has 1 fully saturated rings. The number of carbonyl (C=O) groups is 2. The van der Waals surface area contributed by atoms with Gasteiger partial charge in [0, 0.05) is 17.1 Å². The quantitative estimate of drug-likeness (QED) is 0.671. The first-order valence-electron chi connectivity index (χ1n) is 8.01. The molecule has 5 nitrogen and oxygen atoms in total. The van der Waals surface area contributed by atoms with E-state index < -0.39 is 0 Å². The van der Waals surface area contributed by atoms with Crippen molar-refractivity contribution < 1.29 is 14.0 Å². The fraction of sp³-hybridized carbons (Fsp3) is 0.105. The van der Waals surface area contributed by atoms with Crippen LogP contribution >= 0.6 is 27.7 Å². The molecule has 1 N–H and O–H groups in total. The second kappa shape index (κ2) is 6.61. The summed E-state index contributed by atoms with van der Waals surface area (Å²) in [5.41, 5.74) is 3.33. The number of aliphatic imine (C=N–C) groups is 1. The third-order valence-electron chi connectivity index (χ3n) is 4.30. The summed E-state index contributed by atoms with van der Waals surface area (Å²) in [4.78, 5) is 31.6. The fourth-order valence-electron chi connectivity index (χ4n) is 3.15. The van der Waals surface area contributed by atoms with Crippen molar-refractivity contribution in [2.24, 2.45) is 4.99 Å². The largest absolute Gasteiger partial charge is 0.310 e. The maximum Gasteiger partial charge on any atom is 0.264 e. The van der Waals surface area contributed by atoms with Gasteiger partial charge in [-0.1, -0.05) is 15.9 Å². The minimum Gasteiger partial charge on any atom is -0.310 e. The predicted octanol–water partition coefficient (Wildman–Crippen LogP) is 4.13. The van der Waals surface area contributed by atoms with E-state index in [4.69, 9.17) is 0 Å². The predicted molar refractivity (Wildman–Crippen MR) is 108 cm³/mol. The van der Waals surface area contributed by atoms with E-state index in [-0.39, 0.29) is 17.6 Å². The van der Waals surface area contributed by atoms with Gasteiger partial charge in [-0.15, -0.1) is 0 Å². The second-order valence-corrected chi connectivity index (χ2v) is 8.05. The summed E-state index contributed by atoms with van der Waals surface area (Å²) < 4.78 is 13.9. The van der Waals surface area contributed by atoms with Crippen LogP contribution in [0.2, 0.25) is 0 Å². The molecule has 0 aliphatic carbocycles. The van der Waals surface area contributed by atoms with Crippen LogP contribution in [0.3, 0.4) is 0 Å². The van der Waals surface area contributed by atoms with Gasteiger partial charge in [0.25, 0.3) is 11.8 Å². The molecule has 2 aromatic carbocycles. The van der Waals surface area contributed by atoms with Crippen molar-refractivity contribution >= 4 is 61.6 Å².